The number of fused-ring (bicyclic) bond motifs is 1. The maximum absolute atomic E-state index is 10.1. The summed E-state index contributed by atoms with van der Waals surface area (Å²) in [5.74, 6) is 1.79. The predicted octanol–water partition coefficient (Wildman–Crippen LogP) is 2.31. The van der Waals surface area contributed by atoms with E-state index in [9.17, 15) is 5.11 Å². The van der Waals surface area contributed by atoms with E-state index in [2.05, 4.69) is 4.98 Å². The molecule has 1 aromatic heterocycles. The van der Waals surface area contributed by atoms with Crippen molar-refractivity contribution < 1.29 is 9.84 Å². The van der Waals surface area contributed by atoms with Crippen molar-refractivity contribution in [2.75, 3.05) is 7.11 Å². The minimum atomic E-state index is -0.417. The zero-order chi connectivity index (χ0) is 13.2. The molecule has 4 nitrogen and oxygen atoms in total. The zero-order valence-corrected chi connectivity index (χ0v) is 11.0. The number of aliphatic hydroxyl groups is 1. The van der Waals surface area contributed by atoms with Crippen LogP contribution in [0.4, 0.5) is 0 Å². The van der Waals surface area contributed by atoms with Gasteiger partial charge in [-0.2, -0.15) is 0 Å². The smallest absolute Gasteiger partial charge is 0.132 e. The highest BCUT2D eigenvalue weighted by atomic mass is 16.5. The zero-order valence-electron chi connectivity index (χ0n) is 11.0. The van der Waals surface area contributed by atoms with Crippen LogP contribution in [-0.4, -0.2) is 21.8 Å². The number of nitrogens with zero attached hydrogens (tertiary/aromatic N) is 2. The van der Waals surface area contributed by atoms with Crippen LogP contribution in [0, 0.1) is 0 Å². The van der Waals surface area contributed by atoms with Gasteiger partial charge in [-0.25, -0.2) is 4.98 Å². The summed E-state index contributed by atoms with van der Waals surface area (Å²) in [7, 11) is 1.66. The Morgan fingerprint density at radius 2 is 2.16 bits per heavy atom. The molecule has 0 saturated carbocycles. The molecule has 2 heterocycles. The Labute approximate surface area is 112 Å². The summed E-state index contributed by atoms with van der Waals surface area (Å²) in [6.45, 7) is 0. The summed E-state index contributed by atoms with van der Waals surface area (Å²) < 4.78 is 7.13. The van der Waals surface area contributed by atoms with E-state index < -0.39 is 6.23 Å². The van der Waals surface area contributed by atoms with Gasteiger partial charge in [0.1, 0.15) is 17.8 Å². The van der Waals surface area contributed by atoms with Gasteiger partial charge in [0, 0.05) is 18.3 Å². The minimum Gasteiger partial charge on any atom is -0.497 e. The van der Waals surface area contributed by atoms with Crippen molar-refractivity contribution in [1.82, 2.24) is 9.55 Å². The third kappa shape index (κ3) is 2.36. The maximum Gasteiger partial charge on any atom is 0.132 e. The first-order chi connectivity index (χ1) is 9.28. The molecule has 2 aromatic rings. The number of aliphatic hydroxyl groups excluding tert-OH is 1. The molecule has 0 spiro atoms. The Morgan fingerprint density at radius 3 is 2.89 bits per heavy atom. The van der Waals surface area contributed by atoms with Gasteiger partial charge in [-0.1, -0.05) is 12.1 Å². The lowest BCUT2D eigenvalue weighted by molar-refractivity contribution is 0.0762. The first kappa shape index (κ1) is 12.2. The highest BCUT2D eigenvalue weighted by Crippen LogP contribution is 2.25. The van der Waals surface area contributed by atoms with Crippen LogP contribution in [0.25, 0.3) is 0 Å². The molecule has 0 saturated heterocycles. The van der Waals surface area contributed by atoms with Crippen molar-refractivity contribution >= 4 is 0 Å². The van der Waals surface area contributed by atoms with Crippen LogP contribution in [0.15, 0.2) is 30.5 Å². The number of aromatic nitrogens is 2. The SMILES string of the molecule is COc1ccc(Cc2ncc3n2C(O)CCC3)cc1. The fourth-order valence-corrected chi connectivity index (χ4v) is 2.64. The number of hydrogen-bond acceptors (Lipinski definition) is 3. The fraction of sp³-hybridized carbons (Fsp3) is 0.400. The third-order valence-electron chi connectivity index (χ3n) is 3.66. The van der Waals surface area contributed by atoms with Crippen LogP contribution in [-0.2, 0) is 12.8 Å². The molecule has 0 radical (unpaired) electrons. The average molecular weight is 258 g/mol. The number of rotatable bonds is 3. The second-order valence-electron chi connectivity index (χ2n) is 4.93. The third-order valence-corrected chi connectivity index (χ3v) is 3.66. The number of aryl methyl sites for hydroxylation is 1. The van der Waals surface area contributed by atoms with Gasteiger partial charge >= 0.3 is 0 Å². The first-order valence-corrected chi connectivity index (χ1v) is 6.64. The molecule has 1 aliphatic rings. The molecule has 3 rings (SSSR count). The van der Waals surface area contributed by atoms with E-state index in [1.54, 1.807) is 7.11 Å². The Morgan fingerprint density at radius 1 is 1.37 bits per heavy atom. The summed E-state index contributed by atoms with van der Waals surface area (Å²) in [6, 6.07) is 7.98. The van der Waals surface area contributed by atoms with E-state index >= 15 is 0 Å². The van der Waals surface area contributed by atoms with E-state index in [0.717, 1.165) is 43.0 Å². The van der Waals surface area contributed by atoms with Gasteiger partial charge in [-0.05, 0) is 37.0 Å². The highest BCUT2D eigenvalue weighted by Gasteiger charge is 2.20. The Hall–Kier alpha value is -1.81. The van der Waals surface area contributed by atoms with Gasteiger partial charge in [-0.15, -0.1) is 0 Å². The quantitative estimate of drug-likeness (QED) is 0.919. The van der Waals surface area contributed by atoms with Crippen molar-refractivity contribution in [2.24, 2.45) is 0 Å². The van der Waals surface area contributed by atoms with Crippen molar-refractivity contribution in [3.05, 3.63) is 47.5 Å². The summed E-state index contributed by atoms with van der Waals surface area (Å²) in [5, 5.41) is 10.1. The summed E-state index contributed by atoms with van der Waals surface area (Å²) in [6.07, 6.45) is 5.07. The van der Waals surface area contributed by atoms with Crippen LogP contribution in [0.3, 0.4) is 0 Å². The van der Waals surface area contributed by atoms with Crippen LogP contribution >= 0.6 is 0 Å². The van der Waals surface area contributed by atoms with Crippen LogP contribution in [0.1, 0.15) is 36.2 Å². The van der Waals surface area contributed by atoms with Crippen molar-refractivity contribution in [3.8, 4) is 5.75 Å². The maximum atomic E-state index is 10.1. The molecular formula is C15H18N2O2. The molecule has 1 atom stereocenters. The Kier molecular flexibility index (Phi) is 3.25. The molecule has 100 valence electrons. The molecule has 19 heavy (non-hydrogen) atoms. The molecule has 0 fully saturated rings. The van der Waals surface area contributed by atoms with Gasteiger partial charge in [0.25, 0.3) is 0 Å². The number of benzene rings is 1. The average Bonchev–Trinajstić information content (AvgIpc) is 2.84. The van der Waals surface area contributed by atoms with Crippen LogP contribution in [0.5, 0.6) is 5.75 Å². The summed E-state index contributed by atoms with van der Waals surface area (Å²) in [4.78, 5) is 4.46. The Balaban J connectivity index is 1.85. The van der Waals surface area contributed by atoms with Gasteiger partial charge in [0.05, 0.1) is 7.11 Å². The second kappa shape index (κ2) is 5.05. The molecular weight excluding hydrogens is 240 g/mol. The molecule has 0 aliphatic carbocycles. The lowest BCUT2D eigenvalue weighted by Crippen LogP contribution is -2.19. The summed E-state index contributed by atoms with van der Waals surface area (Å²) in [5.41, 5.74) is 2.31. The first-order valence-electron chi connectivity index (χ1n) is 6.64. The Bertz CT molecular complexity index is 560. The molecule has 4 heteroatoms. The number of imidazole rings is 1. The molecule has 1 aliphatic heterocycles. The van der Waals surface area contributed by atoms with Gasteiger partial charge in [0.15, 0.2) is 0 Å². The van der Waals surface area contributed by atoms with Crippen molar-refractivity contribution in [3.63, 3.8) is 0 Å². The molecule has 1 aromatic carbocycles. The lowest BCUT2D eigenvalue weighted by Gasteiger charge is -2.22. The van der Waals surface area contributed by atoms with Gasteiger partial charge < -0.3 is 14.4 Å². The van der Waals surface area contributed by atoms with E-state index in [0.29, 0.717) is 0 Å². The van der Waals surface area contributed by atoms with Crippen molar-refractivity contribution in [1.29, 1.82) is 0 Å². The fourth-order valence-electron chi connectivity index (χ4n) is 2.64. The predicted molar refractivity (Wildman–Crippen MR) is 72.2 cm³/mol. The second-order valence-corrected chi connectivity index (χ2v) is 4.93. The molecule has 0 amide bonds. The number of ether oxygens (including phenoxy) is 1. The van der Waals surface area contributed by atoms with E-state index in [-0.39, 0.29) is 0 Å². The van der Waals surface area contributed by atoms with Crippen LogP contribution in [0.2, 0.25) is 0 Å². The van der Waals surface area contributed by atoms with Crippen molar-refractivity contribution in [2.45, 2.75) is 31.9 Å². The molecule has 0 bridgehead atoms. The normalized spacial score (nSPS) is 18.1. The highest BCUT2D eigenvalue weighted by molar-refractivity contribution is 5.29. The van der Waals surface area contributed by atoms with E-state index in [1.165, 1.54) is 5.56 Å². The van der Waals surface area contributed by atoms with E-state index in [1.807, 2.05) is 35.0 Å². The monoisotopic (exact) mass is 258 g/mol. The lowest BCUT2D eigenvalue weighted by atomic mass is 10.1. The topological polar surface area (TPSA) is 47.3 Å². The molecule has 1 N–H and O–H groups in total. The number of hydrogen-bond donors (Lipinski definition) is 1. The van der Waals surface area contributed by atoms with E-state index in [4.69, 9.17) is 4.74 Å². The standard InChI is InChI=1S/C15H18N2O2/c1-19-13-7-5-11(6-8-13)9-14-16-10-12-3-2-4-15(18)17(12)14/h5-8,10,15,18H,2-4,9H2,1H3. The van der Waals surface area contributed by atoms with Gasteiger partial charge in [0.2, 0.25) is 0 Å². The largest absolute Gasteiger partial charge is 0.497 e. The minimum absolute atomic E-state index is 0.417. The van der Waals surface area contributed by atoms with Gasteiger partial charge in [-0.3, -0.25) is 0 Å². The molecule has 1 unspecified atom stereocenters. The summed E-state index contributed by atoms with van der Waals surface area (Å²) >= 11 is 0. The number of methoxy groups -OCH3 is 1. The van der Waals surface area contributed by atoms with Crippen LogP contribution < -0.4 is 4.74 Å².